The van der Waals surface area contributed by atoms with Crippen LogP contribution in [0.5, 0.6) is 0 Å². The van der Waals surface area contributed by atoms with Gasteiger partial charge in [0.05, 0.1) is 18.5 Å². The first-order chi connectivity index (χ1) is 7.02. The van der Waals surface area contributed by atoms with Crippen LogP contribution >= 0.6 is 7.67 Å². The molecule has 1 aromatic rings. The van der Waals surface area contributed by atoms with E-state index in [0.717, 1.165) is 5.69 Å². The van der Waals surface area contributed by atoms with Gasteiger partial charge >= 0.3 is 7.67 Å². The van der Waals surface area contributed by atoms with Crippen LogP contribution < -0.4 is 15.9 Å². The van der Waals surface area contributed by atoms with Gasteiger partial charge in [0.25, 0.3) is 0 Å². The first-order valence-electron chi connectivity index (χ1n) is 4.41. The van der Waals surface area contributed by atoms with E-state index in [9.17, 15) is 4.57 Å². The number of rotatable bonds is 5. The Balaban J connectivity index is 2.65. The van der Waals surface area contributed by atoms with Gasteiger partial charge in [-0.05, 0) is 14.1 Å². The highest BCUT2D eigenvalue weighted by molar-refractivity contribution is 7.54. The zero-order valence-electron chi connectivity index (χ0n) is 9.02. The molecule has 4 N–H and O–H groups in total. The minimum atomic E-state index is -2.94. The predicted molar refractivity (Wildman–Crippen MR) is 58.1 cm³/mol. The van der Waals surface area contributed by atoms with E-state index < -0.39 is 7.67 Å². The summed E-state index contributed by atoms with van der Waals surface area (Å²) in [5, 5.41) is 5.17. The lowest BCUT2D eigenvalue weighted by Gasteiger charge is -2.15. The molecule has 0 saturated heterocycles. The van der Waals surface area contributed by atoms with Gasteiger partial charge in [0.15, 0.2) is 5.95 Å². The molecule has 0 spiro atoms. The molecule has 15 heavy (non-hydrogen) atoms. The highest BCUT2D eigenvalue weighted by atomic mass is 31.2. The molecule has 0 saturated carbocycles. The second-order valence-corrected chi connectivity index (χ2v) is 5.19. The number of nitrogen functional groups attached to an aromatic ring is 1. The van der Waals surface area contributed by atoms with Crippen molar-refractivity contribution in [3.05, 3.63) is 11.9 Å². The first-order valence-corrected chi connectivity index (χ1v) is 6.03. The summed E-state index contributed by atoms with van der Waals surface area (Å²) in [6.45, 7) is 0.180. The molecule has 0 atom stereocenters. The Morgan fingerprint density at radius 3 is 2.60 bits per heavy atom. The van der Waals surface area contributed by atoms with Gasteiger partial charge in [0.1, 0.15) is 0 Å². The van der Waals surface area contributed by atoms with Gasteiger partial charge in [-0.25, -0.2) is 15.2 Å². The average molecular weight is 233 g/mol. The average Bonchev–Trinajstić information content (AvgIpc) is 2.57. The molecule has 8 heteroatoms. The molecule has 1 aromatic heterocycles. The van der Waals surface area contributed by atoms with Crippen LogP contribution in [0.1, 0.15) is 5.69 Å². The summed E-state index contributed by atoms with van der Waals surface area (Å²) in [5.41, 5.74) is 6.30. The summed E-state index contributed by atoms with van der Waals surface area (Å²) in [6.07, 6.45) is 1.59. The highest BCUT2D eigenvalue weighted by Gasteiger charge is 2.18. The van der Waals surface area contributed by atoms with Crippen LogP contribution in [0.25, 0.3) is 0 Å². The van der Waals surface area contributed by atoms with Crippen molar-refractivity contribution < 1.29 is 9.09 Å². The second-order valence-electron chi connectivity index (χ2n) is 2.94. The van der Waals surface area contributed by atoms with E-state index >= 15 is 0 Å². The molecule has 0 radical (unpaired) electrons. The molecule has 0 aliphatic rings. The van der Waals surface area contributed by atoms with Crippen molar-refractivity contribution in [1.29, 1.82) is 0 Å². The predicted octanol–water partition coefficient (Wildman–Crippen LogP) is 0.0658. The number of hydrogen-bond acceptors (Lipinski definition) is 4. The molecule has 0 fully saturated rings. The molecule has 0 aliphatic heterocycles. The van der Waals surface area contributed by atoms with Crippen molar-refractivity contribution in [2.45, 2.75) is 6.61 Å². The van der Waals surface area contributed by atoms with Crippen molar-refractivity contribution in [3.63, 3.8) is 0 Å². The van der Waals surface area contributed by atoms with Gasteiger partial charge < -0.3 is 10.3 Å². The van der Waals surface area contributed by atoms with E-state index in [-0.39, 0.29) is 6.61 Å². The number of nitrogens with zero attached hydrogens (tertiary/aromatic N) is 2. The van der Waals surface area contributed by atoms with Crippen molar-refractivity contribution in [1.82, 2.24) is 19.7 Å². The smallest absolute Gasteiger partial charge is 0.340 e. The third kappa shape index (κ3) is 2.79. The molecular weight excluding hydrogens is 217 g/mol. The maximum atomic E-state index is 11.7. The Morgan fingerprint density at radius 1 is 1.60 bits per heavy atom. The van der Waals surface area contributed by atoms with Gasteiger partial charge in [0, 0.05) is 7.05 Å². The molecule has 0 amide bonds. The van der Waals surface area contributed by atoms with Crippen LogP contribution in [0.2, 0.25) is 0 Å². The van der Waals surface area contributed by atoms with Crippen LogP contribution in [0.4, 0.5) is 5.95 Å². The summed E-state index contributed by atoms with van der Waals surface area (Å²) in [4.78, 5) is 3.90. The molecular formula is C7H16N5O2P. The summed E-state index contributed by atoms with van der Waals surface area (Å²) in [7, 11) is 1.96. The second kappa shape index (κ2) is 4.76. The Labute approximate surface area is 88.6 Å². The van der Waals surface area contributed by atoms with Gasteiger partial charge in [-0.3, -0.25) is 9.09 Å². The quantitative estimate of drug-likeness (QED) is 0.623. The summed E-state index contributed by atoms with van der Waals surface area (Å²) in [5.74, 6) is 0.400. The highest BCUT2D eigenvalue weighted by Crippen LogP contribution is 2.36. The van der Waals surface area contributed by atoms with Crippen LogP contribution in [0.3, 0.4) is 0 Å². The fraction of sp³-hybridized carbons (Fsp3) is 0.571. The summed E-state index contributed by atoms with van der Waals surface area (Å²) >= 11 is 0. The standard InChI is InChI=1S/C7H16N5O2P/c1-9-15(13,10-2)14-5-6-4-11-7(8)12(6)3/h4H,5H2,1-3H3,(H2,8,11)(H2,9,10,13). The molecule has 0 unspecified atom stereocenters. The van der Waals surface area contributed by atoms with E-state index in [0.29, 0.717) is 5.95 Å². The maximum absolute atomic E-state index is 11.7. The van der Waals surface area contributed by atoms with E-state index in [4.69, 9.17) is 10.3 Å². The van der Waals surface area contributed by atoms with Crippen molar-refractivity contribution in [2.24, 2.45) is 7.05 Å². The fourth-order valence-electron chi connectivity index (χ4n) is 0.993. The van der Waals surface area contributed by atoms with E-state index in [1.807, 2.05) is 0 Å². The SMILES string of the molecule is CNP(=O)(NC)OCc1cnc(N)n1C. The number of anilines is 1. The number of imidazole rings is 1. The van der Waals surface area contributed by atoms with Gasteiger partial charge in [-0.1, -0.05) is 0 Å². The molecule has 0 bridgehead atoms. The Bertz CT molecular complexity index is 369. The Kier molecular flexibility index (Phi) is 3.87. The Morgan fingerprint density at radius 2 is 2.20 bits per heavy atom. The monoisotopic (exact) mass is 233 g/mol. The van der Waals surface area contributed by atoms with Crippen molar-refractivity contribution in [3.8, 4) is 0 Å². The number of nitrogens with one attached hydrogen (secondary N) is 2. The minimum absolute atomic E-state index is 0.180. The summed E-state index contributed by atoms with van der Waals surface area (Å²) < 4.78 is 18.6. The molecule has 1 heterocycles. The lowest BCUT2D eigenvalue weighted by atomic mass is 10.5. The van der Waals surface area contributed by atoms with Crippen LogP contribution in [-0.2, 0) is 22.7 Å². The molecule has 0 aliphatic carbocycles. The van der Waals surface area contributed by atoms with Gasteiger partial charge in [0.2, 0.25) is 0 Å². The number of aromatic nitrogens is 2. The summed E-state index contributed by atoms with van der Waals surface area (Å²) in [6, 6.07) is 0. The zero-order valence-corrected chi connectivity index (χ0v) is 9.91. The van der Waals surface area contributed by atoms with Crippen LogP contribution in [0, 0.1) is 0 Å². The van der Waals surface area contributed by atoms with Crippen molar-refractivity contribution >= 4 is 13.6 Å². The van der Waals surface area contributed by atoms with Gasteiger partial charge in [-0.2, -0.15) is 0 Å². The number of hydrogen-bond donors (Lipinski definition) is 3. The van der Waals surface area contributed by atoms with E-state index in [1.165, 1.54) is 0 Å². The lowest BCUT2D eigenvalue weighted by molar-refractivity contribution is 0.284. The van der Waals surface area contributed by atoms with Crippen LogP contribution in [-0.4, -0.2) is 23.6 Å². The van der Waals surface area contributed by atoms with Crippen LogP contribution in [0.15, 0.2) is 6.20 Å². The third-order valence-corrected chi connectivity index (χ3v) is 3.77. The van der Waals surface area contributed by atoms with E-state index in [2.05, 4.69) is 15.2 Å². The maximum Gasteiger partial charge on any atom is 0.340 e. The lowest BCUT2D eigenvalue weighted by Crippen LogP contribution is -2.18. The Hall–Kier alpha value is -0.880. The largest absolute Gasteiger partial charge is 0.369 e. The molecule has 7 nitrogen and oxygen atoms in total. The molecule has 1 rings (SSSR count). The zero-order chi connectivity index (χ0) is 11.5. The van der Waals surface area contributed by atoms with Crippen molar-refractivity contribution in [2.75, 3.05) is 19.8 Å². The fourth-order valence-corrected chi connectivity index (χ4v) is 1.79. The number of nitrogens with two attached hydrogens (primary N) is 1. The third-order valence-electron chi connectivity index (χ3n) is 2.10. The normalized spacial score (nSPS) is 11.9. The molecule has 86 valence electrons. The molecule has 0 aromatic carbocycles. The van der Waals surface area contributed by atoms with Gasteiger partial charge in [-0.15, -0.1) is 0 Å². The first kappa shape index (κ1) is 12.2. The van der Waals surface area contributed by atoms with E-state index in [1.54, 1.807) is 31.9 Å². The topological polar surface area (TPSA) is 94.2 Å². The minimum Gasteiger partial charge on any atom is -0.369 e.